The van der Waals surface area contributed by atoms with Crippen molar-refractivity contribution in [2.45, 2.75) is 12.1 Å². The van der Waals surface area contributed by atoms with E-state index >= 15 is 0 Å². The fourth-order valence-electron chi connectivity index (χ4n) is 1.97. The van der Waals surface area contributed by atoms with Crippen molar-refractivity contribution < 1.29 is 4.39 Å². The van der Waals surface area contributed by atoms with E-state index in [9.17, 15) is 4.39 Å². The fourth-order valence-corrected chi connectivity index (χ4v) is 1.97. The fraction of sp³-hybridized carbons (Fsp3) is 0.455. The van der Waals surface area contributed by atoms with Crippen molar-refractivity contribution in [3.05, 3.63) is 29.8 Å². The van der Waals surface area contributed by atoms with E-state index in [0.29, 0.717) is 18.7 Å². The van der Waals surface area contributed by atoms with Crippen molar-refractivity contribution in [2.24, 2.45) is 0 Å². The molecule has 2 rings (SSSR count). The Kier molecular flexibility index (Phi) is 2.19. The lowest BCUT2D eigenvalue weighted by Gasteiger charge is -2.19. The minimum Gasteiger partial charge on any atom is -0.399 e. The smallest absolute Gasteiger partial charge is 0.149 e. The average molecular weight is 194 g/mol. The van der Waals surface area contributed by atoms with Crippen LogP contribution in [0.3, 0.4) is 0 Å². The molecule has 1 saturated heterocycles. The molecule has 2 N–H and O–H groups in total. The number of nitrogens with zero attached hydrogens (tertiary/aromatic N) is 1. The molecule has 1 aromatic carbocycles. The van der Waals surface area contributed by atoms with Crippen LogP contribution in [0.15, 0.2) is 24.3 Å². The van der Waals surface area contributed by atoms with Gasteiger partial charge in [0, 0.05) is 18.8 Å². The van der Waals surface area contributed by atoms with Crippen LogP contribution in [0.5, 0.6) is 0 Å². The van der Waals surface area contributed by atoms with Gasteiger partial charge in [-0.1, -0.05) is 12.1 Å². The minimum atomic E-state index is -1.18. The van der Waals surface area contributed by atoms with Crippen molar-refractivity contribution in [3.8, 4) is 0 Å². The SMILES string of the molecule is CN1CCC(F)(c2ccc(N)cc2)C1. The molecule has 3 heteroatoms. The van der Waals surface area contributed by atoms with Crippen LogP contribution in [0.1, 0.15) is 12.0 Å². The molecule has 0 radical (unpaired) electrons. The number of nitrogen functional groups attached to an aromatic ring is 1. The van der Waals surface area contributed by atoms with E-state index in [1.165, 1.54) is 0 Å². The topological polar surface area (TPSA) is 29.3 Å². The summed E-state index contributed by atoms with van der Waals surface area (Å²) in [6.45, 7) is 1.30. The van der Waals surface area contributed by atoms with E-state index in [4.69, 9.17) is 5.73 Å². The van der Waals surface area contributed by atoms with Gasteiger partial charge in [0.25, 0.3) is 0 Å². The molecule has 0 amide bonds. The Bertz CT molecular complexity index is 323. The van der Waals surface area contributed by atoms with Gasteiger partial charge in [-0.3, -0.25) is 0 Å². The predicted molar refractivity (Wildman–Crippen MR) is 55.8 cm³/mol. The van der Waals surface area contributed by atoms with Gasteiger partial charge in [0.15, 0.2) is 0 Å². The van der Waals surface area contributed by atoms with Crippen LogP contribution in [0.25, 0.3) is 0 Å². The number of hydrogen-bond acceptors (Lipinski definition) is 2. The summed E-state index contributed by atoms with van der Waals surface area (Å²) in [6, 6.07) is 7.09. The Labute approximate surface area is 83.5 Å². The highest BCUT2D eigenvalue weighted by molar-refractivity contribution is 5.41. The van der Waals surface area contributed by atoms with Crippen LogP contribution in [0, 0.1) is 0 Å². The first kappa shape index (κ1) is 9.46. The predicted octanol–water partition coefficient (Wildman–Crippen LogP) is 1.77. The third kappa shape index (κ3) is 1.60. The Hall–Kier alpha value is -1.09. The summed E-state index contributed by atoms with van der Waals surface area (Å²) in [6.07, 6.45) is 0.577. The van der Waals surface area contributed by atoms with Crippen molar-refractivity contribution in [1.82, 2.24) is 4.90 Å². The number of benzene rings is 1. The van der Waals surface area contributed by atoms with Gasteiger partial charge in [-0.15, -0.1) is 0 Å². The van der Waals surface area contributed by atoms with Crippen LogP contribution in [-0.4, -0.2) is 25.0 Å². The molecule has 1 fully saturated rings. The molecule has 14 heavy (non-hydrogen) atoms. The molecular formula is C11H15FN2. The average Bonchev–Trinajstić information content (AvgIpc) is 2.48. The molecule has 1 atom stereocenters. The first-order valence-electron chi connectivity index (χ1n) is 4.84. The van der Waals surface area contributed by atoms with E-state index in [1.807, 2.05) is 11.9 Å². The number of halogens is 1. The quantitative estimate of drug-likeness (QED) is 0.690. The highest BCUT2D eigenvalue weighted by Gasteiger charge is 2.38. The highest BCUT2D eigenvalue weighted by atomic mass is 19.1. The standard InChI is InChI=1S/C11H15FN2/c1-14-7-6-11(12,8-14)9-2-4-10(13)5-3-9/h2-5H,6-8,13H2,1H3. The second-order valence-electron chi connectivity index (χ2n) is 4.08. The summed E-state index contributed by atoms with van der Waals surface area (Å²) in [4.78, 5) is 2.01. The number of anilines is 1. The van der Waals surface area contributed by atoms with Gasteiger partial charge in [0.1, 0.15) is 5.67 Å². The molecule has 1 aromatic rings. The van der Waals surface area contributed by atoms with Crippen LogP contribution < -0.4 is 5.73 Å². The lowest BCUT2D eigenvalue weighted by atomic mass is 9.95. The largest absolute Gasteiger partial charge is 0.399 e. The monoisotopic (exact) mass is 194 g/mol. The zero-order valence-corrected chi connectivity index (χ0v) is 8.33. The zero-order chi connectivity index (χ0) is 10.2. The van der Waals surface area contributed by atoms with Crippen molar-refractivity contribution in [2.75, 3.05) is 25.9 Å². The number of likely N-dealkylation sites (N-methyl/N-ethyl adjacent to an activating group) is 1. The Morgan fingerprint density at radius 1 is 1.36 bits per heavy atom. The second-order valence-corrected chi connectivity index (χ2v) is 4.08. The molecule has 0 spiro atoms. The van der Waals surface area contributed by atoms with E-state index < -0.39 is 5.67 Å². The Morgan fingerprint density at radius 3 is 2.50 bits per heavy atom. The summed E-state index contributed by atoms with van der Waals surface area (Å²) in [5.74, 6) is 0. The molecule has 0 saturated carbocycles. The molecule has 1 aliphatic rings. The van der Waals surface area contributed by atoms with Gasteiger partial charge < -0.3 is 10.6 Å². The maximum atomic E-state index is 14.3. The Balaban J connectivity index is 2.26. The first-order valence-corrected chi connectivity index (χ1v) is 4.84. The Morgan fingerprint density at radius 2 is 2.00 bits per heavy atom. The molecular weight excluding hydrogens is 179 g/mol. The highest BCUT2D eigenvalue weighted by Crippen LogP contribution is 2.35. The summed E-state index contributed by atoms with van der Waals surface area (Å²) in [5, 5.41) is 0. The van der Waals surface area contributed by atoms with E-state index in [2.05, 4.69) is 0 Å². The number of hydrogen-bond donors (Lipinski definition) is 1. The zero-order valence-electron chi connectivity index (χ0n) is 8.33. The maximum absolute atomic E-state index is 14.3. The summed E-state index contributed by atoms with van der Waals surface area (Å²) >= 11 is 0. The van der Waals surface area contributed by atoms with Crippen molar-refractivity contribution >= 4 is 5.69 Å². The second kappa shape index (κ2) is 3.24. The minimum absolute atomic E-state index is 0.483. The lowest BCUT2D eigenvalue weighted by molar-refractivity contribution is 0.175. The molecule has 1 aliphatic heterocycles. The summed E-state index contributed by atoms with van der Waals surface area (Å²) in [7, 11) is 1.94. The van der Waals surface area contributed by atoms with Crippen LogP contribution >= 0.6 is 0 Å². The van der Waals surface area contributed by atoms with Gasteiger partial charge in [0.2, 0.25) is 0 Å². The summed E-state index contributed by atoms with van der Waals surface area (Å²) < 4.78 is 14.3. The van der Waals surface area contributed by atoms with Gasteiger partial charge in [-0.05, 0) is 31.2 Å². The van der Waals surface area contributed by atoms with E-state index in [1.54, 1.807) is 24.3 Å². The molecule has 1 unspecified atom stereocenters. The molecule has 2 nitrogen and oxygen atoms in total. The van der Waals surface area contributed by atoms with E-state index in [-0.39, 0.29) is 0 Å². The molecule has 0 aliphatic carbocycles. The number of alkyl halides is 1. The number of rotatable bonds is 1. The molecule has 0 aromatic heterocycles. The van der Waals surface area contributed by atoms with Gasteiger partial charge in [0.05, 0.1) is 0 Å². The van der Waals surface area contributed by atoms with Crippen LogP contribution in [0.4, 0.5) is 10.1 Å². The third-order valence-electron chi connectivity index (χ3n) is 2.84. The van der Waals surface area contributed by atoms with Gasteiger partial charge in [-0.2, -0.15) is 0 Å². The molecule has 1 heterocycles. The summed E-state index contributed by atoms with van der Waals surface area (Å²) in [5.41, 5.74) is 5.82. The van der Waals surface area contributed by atoms with Gasteiger partial charge >= 0.3 is 0 Å². The third-order valence-corrected chi connectivity index (χ3v) is 2.84. The van der Waals surface area contributed by atoms with Crippen LogP contribution in [0.2, 0.25) is 0 Å². The van der Waals surface area contributed by atoms with Crippen LogP contribution in [-0.2, 0) is 5.67 Å². The van der Waals surface area contributed by atoms with E-state index in [0.717, 1.165) is 12.1 Å². The van der Waals surface area contributed by atoms with Gasteiger partial charge in [-0.25, -0.2) is 4.39 Å². The van der Waals surface area contributed by atoms with Crippen molar-refractivity contribution in [3.63, 3.8) is 0 Å². The lowest BCUT2D eigenvalue weighted by Crippen LogP contribution is -2.24. The van der Waals surface area contributed by atoms with Crippen molar-refractivity contribution in [1.29, 1.82) is 0 Å². The number of likely N-dealkylation sites (tertiary alicyclic amines) is 1. The first-order chi connectivity index (χ1) is 6.60. The molecule has 76 valence electrons. The number of nitrogens with two attached hydrogens (primary N) is 1. The maximum Gasteiger partial charge on any atom is 0.149 e. The normalized spacial score (nSPS) is 28.1. The molecule has 0 bridgehead atoms.